The van der Waals surface area contributed by atoms with Gasteiger partial charge in [0.05, 0.1) is 23.2 Å². The van der Waals surface area contributed by atoms with Gasteiger partial charge in [-0.15, -0.1) is 12.6 Å². The molecule has 12 rings (SSSR count). The zero-order chi connectivity index (χ0) is 47.5. The molecule has 8 saturated carbocycles. The van der Waals surface area contributed by atoms with Crippen LogP contribution in [0.25, 0.3) is 21.5 Å². The van der Waals surface area contributed by atoms with Gasteiger partial charge in [0, 0.05) is 4.90 Å². The highest BCUT2D eigenvalue weighted by molar-refractivity contribution is 7.80. The highest BCUT2D eigenvalue weighted by Gasteiger charge is 2.58. The van der Waals surface area contributed by atoms with Crippen molar-refractivity contribution in [1.82, 2.24) is 0 Å². The third-order valence-electron chi connectivity index (χ3n) is 17.8. The summed E-state index contributed by atoms with van der Waals surface area (Å²) in [6, 6.07) is 24.9. The fourth-order valence-electron chi connectivity index (χ4n) is 13.6. The molecule has 4 aromatic carbocycles. The zero-order valence-electron chi connectivity index (χ0n) is 40.9. The fraction of sp³-hybridized carbons (Fsp3) is 0.586. The van der Waals surface area contributed by atoms with Crippen LogP contribution in [0.1, 0.15) is 142 Å². The van der Waals surface area contributed by atoms with Gasteiger partial charge in [-0.25, -0.2) is 0 Å². The minimum atomic E-state index is -0.436. The van der Waals surface area contributed by atoms with Crippen molar-refractivity contribution in [2.45, 2.75) is 149 Å². The molecule has 8 nitrogen and oxygen atoms in total. The monoisotopic (exact) mass is 928 g/mol. The van der Waals surface area contributed by atoms with E-state index in [1.54, 1.807) is 0 Å². The summed E-state index contributed by atoms with van der Waals surface area (Å²) in [5.74, 6) is 2.74. The lowest BCUT2D eigenvalue weighted by Crippen LogP contribution is -2.56. The molecule has 8 aliphatic rings. The minimum Gasteiger partial charge on any atom is -0.462 e. The third-order valence-corrected chi connectivity index (χ3v) is 18.1. The number of carbonyl (C=O) groups is 4. The second-order valence-corrected chi connectivity index (χ2v) is 22.8. The number of hydrogen-bond donors (Lipinski definition) is 1. The maximum Gasteiger partial charge on any atom is 0.311 e. The Hall–Kier alpha value is -4.37. The fourth-order valence-corrected chi connectivity index (χ4v) is 13.9. The maximum absolute atomic E-state index is 13.3. The number of rotatable bonds is 12. The van der Waals surface area contributed by atoms with Crippen LogP contribution in [-0.2, 0) is 38.1 Å². The summed E-state index contributed by atoms with van der Waals surface area (Å²) >= 11 is 4.54. The van der Waals surface area contributed by atoms with Crippen molar-refractivity contribution in [2.24, 2.45) is 70.5 Å². The molecule has 8 aliphatic carbocycles. The quantitative estimate of drug-likeness (QED) is 0.0851. The molecular formula is C58H72O8S. The first-order valence-electron chi connectivity index (χ1n) is 25.6. The molecule has 0 amide bonds. The minimum absolute atomic E-state index is 0.00568. The smallest absolute Gasteiger partial charge is 0.311 e. The molecule has 3 unspecified atom stereocenters. The standard InChI is InChI=1S/C29H36O4S.C29H36O4/c1-5-29(3,4)28(31)33-26-21-12-19-13-22(26)15-20(14-21)25(19)27(30)32-16(2)17-9-10-23-18(11-17)7-6-8-24(23)34;1-5-16(2)28(30)33-27-23-12-21-13-24(27)15-22(14-23)26(21)29(31)32-18(4)19-9-10-25-17(3)7-6-8-20(25)11-19/h6-11,16,19-22,25-26,34H,5,12-15H2,1-4H3;6-11,16,18,21-24,26-27H,5,12-15H2,1-4H3. The van der Waals surface area contributed by atoms with Gasteiger partial charge in [0.15, 0.2) is 0 Å². The lowest BCUT2D eigenvalue weighted by Gasteiger charge is -2.56. The largest absolute Gasteiger partial charge is 0.462 e. The number of aryl methyl sites for hydroxylation is 1. The molecule has 67 heavy (non-hydrogen) atoms. The van der Waals surface area contributed by atoms with Crippen LogP contribution < -0.4 is 0 Å². The molecule has 0 aliphatic heterocycles. The topological polar surface area (TPSA) is 105 Å². The van der Waals surface area contributed by atoms with Crippen LogP contribution in [-0.4, -0.2) is 36.1 Å². The Balaban J connectivity index is 0.000000168. The summed E-state index contributed by atoms with van der Waals surface area (Å²) in [6.07, 6.45) is 8.90. The van der Waals surface area contributed by atoms with Crippen LogP contribution in [0.2, 0.25) is 0 Å². The Kier molecular flexibility index (Phi) is 13.7. The number of ether oxygens (including phenoxy) is 4. The summed E-state index contributed by atoms with van der Waals surface area (Å²) in [5, 5.41) is 4.63. The Morgan fingerprint density at radius 2 is 1.03 bits per heavy atom. The van der Waals surface area contributed by atoms with Crippen molar-refractivity contribution in [1.29, 1.82) is 0 Å². The number of benzene rings is 4. The second kappa shape index (κ2) is 19.2. The normalized spacial score (nSPS) is 31.4. The lowest BCUT2D eigenvalue weighted by molar-refractivity contribution is -0.195. The molecule has 3 atom stereocenters. The number of esters is 4. The van der Waals surface area contributed by atoms with Gasteiger partial charge in [0.1, 0.15) is 24.4 Å². The first-order chi connectivity index (χ1) is 32.0. The van der Waals surface area contributed by atoms with E-state index in [1.807, 2.05) is 66.7 Å². The number of carbonyl (C=O) groups excluding carboxylic acids is 4. The number of thiol groups is 1. The SMILES string of the molecule is CCC(C)(C)C(=O)OC1C2CC3CC1CC(C2)C3C(=O)OC(C)c1ccc2c(S)cccc2c1.CCC(C)C(=O)OC1C2CC3CC1CC(C2)C3C(=O)OC(C)c1ccc2c(C)cccc2c1. The summed E-state index contributed by atoms with van der Waals surface area (Å²) in [7, 11) is 0. The number of hydrogen-bond acceptors (Lipinski definition) is 9. The van der Waals surface area contributed by atoms with Crippen LogP contribution in [0.4, 0.5) is 0 Å². The average molecular weight is 929 g/mol. The predicted octanol–water partition coefficient (Wildman–Crippen LogP) is 13.2. The first-order valence-corrected chi connectivity index (χ1v) is 26.0. The molecular weight excluding hydrogens is 857 g/mol. The molecule has 4 aromatic rings. The Labute approximate surface area is 403 Å². The first kappa shape index (κ1) is 47.7. The Bertz CT molecular complexity index is 2450. The van der Waals surface area contributed by atoms with E-state index in [-0.39, 0.29) is 66.0 Å². The average Bonchev–Trinajstić information content (AvgIpc) is 3.30. The number of fused-ring (bicyclic) bond motifs is 2. The van der Waals surface area contributed by atoms with Gasteiger partial charge in [-0.3, -0.25) is 19.2 Å². The highest BCUT2D eigenvalue weighted by Crippen LogP contribution is 2.59. The van der Waals surface area contributed by atoms with E-state index in [0.29, 0.717) is 47.3 Å². The molecule has 0 aromatic heterocycles. The van der Waals surface area contributed by atoms with Gasteiger partial charge in [0.2, 0.25) is 0 Å². The Morgan fingerprint density at radius 3 is 1.49 bits per heavy atom. The molecule has 0 radical (unpaired) electrons. The third kappa shape index (κ3) is 9.41. The van der Waals surface area contributed by atoms with E-state index >= 15 is 0 Å². The van der Waals surface area contributed by atoms with E-state index in [1.165, 1.54) is 16.3 Å². The predicted molar refractivity (Wildman–Crippen MR) is 264 cm³/mol. The second-order valence-electron chi connectivity index (χ2n) is 22.3. The van der Waals surface area contributed by atoms with Gasteiger partial charge in [-0.2, -0.15) is 0 Å². The van der Waals surface area contributed by atoms with Crippen LogP contribution in [0.5, 0.6) is 0 Å². The van der Waals surface area contributed by atoms with Gasteiger partial charge in [-0.05, 0) is 203 Å². The van der Waals surface area contributed by atoms with Crippen LogP contribution >= 0.6 is 12.6 Å². The molecule has 0 spiro atoms. The van der Waals surface area contributed by atoms with E-state index in [9.17, 15) is 19.2 Å². The molecule has 0 saturated heterocycles. The van der Waals surface area contributed by atoms with Gasteiger partial charge in [0.25, 0.3) is 0 Å². The Morgan fingerprint density at radius 1 is 0.597 bits per heavy atom. The van der Waals surface area contributed by atoms with Crippen LogP contribution in [0.15, 0.2) is 77.7 Å². The van der Waals surface area contributed by atoms with Crippen molar-refractivity contribution in [3.63, 3.8) is 0 Å². The summed E-state index contributed by atoms with van der Waals surface area (Å²) in [4.78, 5) is 52.7. The van der Waals surface area contributed by atoms with E-state index in [0.717, 1.165) is 91.0 Å². The summed E-state index contributed by atoms with van der Waals surface area (Å²) in [5.41, 5.74) is 2.87. The molecule has 0 N–H and O–H groups in total. The van der Waals surface area contributed by atoms with Crippen molar-refractivity contribution in [3.05, 3.63) is 89.5 Å². The van der Waals surface area contributed by atoms with Crippen LogP contribution in [0.3, 0.4) is 0 Å². The van der Waals surface area contributed by atoms with Crippen molar-refractivity contribution in [2.75, 3.05) is 0 Å². The van der Waals surface area contributed by atoms with E-state index in [4.69, 9.17) is 18.9 Å². The zero-order valence-corrected chi connectivity index (χ0v) is 41.8. The van der Waals surface area contributed by atoms with Crippen molar-refractivity contribution < 1.29 is 38.1 Å². The van der Waals surface area contributed by atoms with Gasteiger partial charge < -0.3 is 18.9 Å². The molecule has 358 valence electrons. The van der Waals surface area contributed by atoms with Gasteiger partial charge in [-0.1, -0.05) is 75.4 Å². The van der Waals surface area contributed by atoms with Gasteiger partial charge >= 0.3 is 23.9 Å². The van der Waals surface area contributed by atoms with E-state index < -0.39 is 5.41 Å². The maximum atomic E-state index is 13.3. The summed E-state index contributed by atoms with van der Waals surface area (Å²) in [6.45, 7) is 16.0. The van der Waals surface area contributed by atoms with Crippen molar-refractivity contribution in [3.8, 4) is 0 Å². The van der Waals surface area contributed by atoms with Crippen LogP contribution in [0, 0.1) is 77.4 Å². The molecule has 9 heteroatoms. The highest BCUT2D eigenvalue weighted by atomic mass is 32.1. The molecule has 8 fully saturated rings. The lowest BCUT2D eigenvalue weighted by atomic mass is 9.50. The summed E-state index contributed by atoms with van der Waals surface area (Å²) < 4.78 is 24.2. The molecule has 0 heterocycles. The molecule has 8 bridgehead atoms. The van der Waals surface area contributed by atoms with E-state index in [2.05, 4.69) is 74.1 Å². The van der Waals surface area contributed by atoms with Crippen molar-refractivity contribution >= 4 is 58.1 Å².